The summed E-state index contributed by atoms with van der Waals surface area (Å²) < 4.78 is 4.16. The smallest absolute Gasteiger partial charge is 0.246 e. The maximum Gasteiger partial charge on any atom is 0.246 e. The quantitative estimate of drug-likeness (QED) is 0.248. The minimum atomic E-state index is -0.208. The van der Waals surface area contributed by atoms with Crippen molar-refractivity contribution in [1.82, 2.24) is 19.4 Å². The van der Waals surface area contributed by atoms with Crippen LogP contribution in [0.2, 0.25) is 0 Å². The molecule has 0 radical (unpaired) electrons. The number of para-hydroxylation sites is 2. The number of amides is 1. The highest BCUT2D eigenvalue weighted by Crippen LogP contribution is 2.35. The van der Waals surface area contributed by atoms with Gasteiger partial charge in [-0.1, -0.05) is 66.7 Å². The molecule has 0 aliphatic heterocycles. The van der Waals surface area contributed by atoms with Crippen LogP contribution in [0.3, 0.4) is 0 Å². The molecule has 7 heteroatoms. The van der Waals surface area contributed by atoms with Gasteiger partial charge in [-0.15, -0.1) is 11.3 Å². The van der Waals surface area contributed by atoms with Crippen molar-refractivity contribution in [2.45, 2.75) is 6.42 Å². The normalized spacial score (nSPS) is 11.5. The maximum atomic E-state index is 12.6. The summed E-state index contributed by atoms with van der Waals surface area (Å²) in [5.74, 6) is -0.208. The highest BCUT2D eigenvalue weighted by Gasteiger charge is 2.18. The van der Waals surface area contributed by atoms with E-state index in [-0.39, 0.29) is 12.3 Å². The summed E-state index contributed by atoms with van der Waals surface area (Å²) in [5.41, 5.74) is 8.57. The Morgan fingerprint density at radius 1 is 0.971 bits per heavy atom. The van der Waals surface area contributed by atoms with Gasteiger partial charge in [0.05, 0.1) is 29.5 Å². The van der Waals surface area contributed by atoms with E-state index in [1.807, 2.05) is 70.7 Å². The monoisotopic (exact) mass is 475 g/mol. The predicted octanol–water partition coefficient (Wildman–Crippen LogP) is 5.70. The number of rotatable bonds is 6. The van der Waals surface area contributed by atoms with Crippen molar-refractivity contribution in [3.05, 3.63) is 114 Å². The average Bonchev–Trinajstić information content (AvgIpc) is 3.57. The lowest BCUT2D eigenvalue weighted by molar-refractivity contribution is -0.120. The van der Waals surface area contributed by atoms with Crippen LogP contribution in [-0.2, 0) is 11.2 Å². The van der Waals surface area contributed by atoms with Crippen LogP contribution in [0.4, 0.5) is 0 Å². The molecule has 0 saturated carbocycles. The van der Waals surface area contributed by atoms with Gasteiger partial charge in [0.25, 0.3) is 0 Å². The molecule has 3 aromatic carbocycles. The number of aromatic nitrogens is 3. The van der Waals surface area contributed by atoms with E-state index in [0.29, 0.717) is 0 Å². The molecule has 170 valence electrons. The Labute approximate surface area is 205 Å². The Morgan fingerprint density at radius 2 is 1.71 bits per heavy atom. The van der Waals surface area contributed by atoms with Crippen LogP contribution < -0.4 is 5.43 Å². The Bertz CT molecular complexity index is 1630. The number of thiazole rings is 1. The number of nitrogens with zero attached hydrogens (tertiary/aromatic N) is 4. The van der Waals surface area contributed by atoms with Gasteiger partial charge >= 0.3 is 0 Å². The fraction of sp³-hybridized carbons (Fsp3) is 0.0357. The fourth-order valence-corrected chi connectivity index (χ4v) is 5.07. The highest BCUT2D eigenvalue weighted by molar-refractivity contribution is 7.15. The van der Waals surface area contributed by atoms with Crippen LogP contribution in [0.15, 0.2) is 108 Å². The van der Waals surface area contributed by atoms with E-state index in [0.717, 1.165) is 44.1 Å². The van der Waals surface area contributed by atoms with E-state index in [4.69, 9.17) is 0 Å². The molecule has 1 N–H and O–H groups in total. The van der Waals surface area contributed by atoms with E-state index in [9.17, 15) is 4.79 Å². The number of hydrazone groups is 1. The SMILES string of the molecule is O=C(Cc1cn2ccsc2n1)N/N=C/c1c(-c2ccccc2)n(-c2ccccc2)c2ccccc12. The van der Waals surface area contributed by atoms with Gasteiger partial charge in [-0.05, 0) is 23.8 Å². The molecule has 0 spiro atoms. The third-order valence-corrected chi connectivity index (χ3v) is 6.61. The van der Waals surface area contributed by atoms with Crippen molar-refractivity contribution in [2.24, 2.45) is 5.10 Å². The molecular weight excluding hydrogens is 454 g/mol. The summed E-state index contributed by atoms with van der Waals surface area (Å²) in [7, 11) is 0. The lowest BCUT2D eigenvalue weighted by Crippen LogP contribution is -2.20. The molecule has 35 heavy (non-hydrogen) atoms. The van der Waals surface area contributed by atoms with E-state index in [1.165, 1.54) is 11.3 Å². The molecule has 6 rings (SSSR count). The van der Waals surface area contributed by atoms with Crippen molar-refractivity contribution in [3.8, 4) is 16.9 Å². The Kier molecular flexibility index (Phi) is 5.44. The van der Waals surface area contributed by atoms with Crippen molar-refractivity contribution in [1.29, 1.82) is 0 Å². The molecule has 1 amide bonds. The molecule has 6 nitrogen and oxygen atoms in total. The first-order chi connectivity index (χ1) is 17.3. The summed E-state index contributed by atoms with van der Waals surface area (Å²) in [4.78, 5) is 17.9. The topological polar surface area (TPSA) is 63.7 Å². The van der Waals surface area contributed by atoms with Crippen molar-refractivity contribution in [2.75, 3.05) is 0 Å². The molecule has 0 atom stereocenters. The van der Waals surface area contributed by atoms with E-state index >= 15 is 0 Å². The zero-order valence-corrected chi connectivity index (χ0v) is 19.5. The number of fused-ring (bicyclic) bond motifs is 2. The maximum absolute atomic E-state index is 12.6. The molecule has 0 fully saturated rings. The first-order valence-electron chi connectivity index (χ1n) is 11.3. The minimum Gasteiger partial charge on any atom is -0.309 e. The summed E-state index contributed by atoms with van der Waals surface area (Å²) >= 11 is 1.54. The van der Waals surface area contributed by atoms with Gasteiger partial charge in [-0.25, -0.2) is 10.4 Å². The summed E-state index contributed by atoms with van der Waals surface area (Å²) in [6, 6.07) is 28.8. The zero-order valence-electron chi connectivity index (χ0n) is 18.7. The lowest BCUT2D eigenvalue weighted by atomic mass is 10.1. The second-order valence-corrected chi connectivity index (χ2v) is 8.98. The number of carbonyl (C=O) groups is 1. The van der Waals surface area contributed by atoms with E-state index < -0.39 is 0 Å². The van der Waals surface area contributed by atoms with Gasteiger partial charge < -0.3 is 4.57 Å². The number of benzene rings is 3. The number of hydrogen-bond donors (Lipinski definition) is 1. The zero-order chi connectivity index (χ0) is 23.6. The van der Waals surface area contributed by atoms with Gasteiger partial charge in [0.15, 0.2) is 4.96 Å². The molecule has 3 heterocycles. The third-order valence-electron chi connectivity index (χ3n) is 5.84. The Hall–Kier alpha value is -4.49. The van der Waals surface area contributed by atoms with Gasteiger partial charge in [0.1, 0.15) is 0 Å². The largest absolute Gasteiger partial charge is 0.309 e. The van der Waals surface area contributed by atoms with Crippen molar-refractivity contribution in [3.63, 3.8) is 0 Å². The first kappa shape index (κ1) is 21.1. The van der Waals surface area contributed by atoms with Crippen LogP contribution in [0.1, 0.15) is 11.3 Å². The van der Waals surface area contributed by atoms with Crippen LogP contribution in [0, 0.1) is 0 Å². The summed E-state index contributed by atoms with van der Waals surface area (Å²) in [6.45, 7) is 0. The number of hydrogen-bond acceptors (Lipinski definition) is 4. The molecule has 0 saturated heterocycles. The van der Waals surface area contributed by atoms with Gasteiger partial charge in [-0.2, -0.15) is 5.10 Å². The fourth-order valence-electron chi connectivity index (χ4n) is 4.36. The number of imidazole rings is 1. The Balaban J connectivity index is 1.38. The molecular formula is C28H21N5OS. The van der Waals surface area contributed by atoms with Gasteiger partial charge in [0, 0.05) is 34.4 Å². The van der Waals surface area contributed by atoms with E-state index in [1.54, 1.807) is 6.21 Å². The third kappa shape index (κ3) is 4.02. The van der Waals surface area contributed by atoms with Gasteiger partial charge in [-0.3, -0.25) is 9.20 Å². The molecule has 0 aliphatic rings. The second-order valence-electron chi connectivity index (χ2n) is 8.11. The molecule has 0 unspecified atom stereocenters. The summed E-state index contributed by atoms with van der Waals surface area (Å²) in [5, 5.41) is 7.38. The lowest BCUT2D eigenvalue weighted by Gasteiger charge is -2.12. The molecule has 6 aromatic rings. The number of carbonyl (C=O) groups excluding carboxylic acids is 1. The summed E-state index contributed by atoms with van der Waals surface area (Å²) in [6.07, 6.45) is 5.72. The standard InChI is InChI=1S/C28H21N5OS/c34-26(17-21-19-32-15-16-35-28(32)30-21)31-29-18-24-23-13-7-8-14-25(23)33(22-11-5-2-6-12-22)27(24)20-9-3-1-4-10-20/h1-16,18-19H,17H2,(H,31,34)/b29-18+. The van der Waals surface area contributed by atoms with Crippen molar-refractivity contribution >= 4 is 39.3 Å². The van der Waals surface area contributed by atoms with Crippen LogP contribution in [0.25, 0.3) is 32.8 Å². The minimum absolute atomic E-state index is 0.170. The molecule has 0 aliphatic carbocycles. The molecule has 3 aromatic heterocycles. The van der Waals surface area contributed by atoms with Crippen molar-refractivity contribution < 1.29 is 4.79 Å². The predicted molar refractivity (Wildman–Crippen MR) is 141 cm³/mol. The Morgan fingerprint density at radius 3 is 2.51 bits per heavy atom. The van der Waals surface area contributed by atoms with Crippen LogP contribution >= 0.6 is 11.3 Å². The number of nitrogens with one attached hydrogen (secondary N) is 1. The van der Waals surface area contributed by atoms with Crippen LogP contribution in [-0.4, -0.2) is 26.1 Å². The van der Waals surface area contributed by atoms with Crippen LogP contribution in [0.5, 0.6) is 0 Å². The highest BCUT2D eigenvalue weighted by atomic mass is 32.1. The second kappa shape index (κ2) is 9.04. The molecule has 0 bridgehead atoms. The first-order valence-corrected chi connectivity index (χ1v) is 12.1. The average molecular weight is 476 g/mol. The van der Waals surface area contributed by atoms with E-state index in [2.05, 4.69) is 56.5 Å². The van der Waals surface area contributed by atoms with Gasteiger partial charge in [0.2, 0.25) is 5.91 Å².